The molecule has 0 aliphatic carbocycles. The van der Waals surface area contributed by atoms with Crippen molar-refractivity contribution in [3.8, 4) is 0 Å². The van der Waals surface area contributed by atoms with Gasteiger partial charge in [0.2, 0.25) is 5.91 Å². The summed E-state index contributed by atoms with van der Waals surface area (Å²) >= 11 is 0. The van der Waals surface area contributed by atoms with E-state index in [4.69, 9.17) is 4.74 Å². The summed E-state index contributed by atoms with van der Waals surface area (Å²) in [5, 5.41) is 2.94. The van der Waals surface area contributed by atoms with Gasteiger partial charge in [0.15, 0.2) is 0 Å². The smallest absolute Gasteiger partial charge is 0.307 e. The maximum absolute atomic E-state index is 12.2. The van der Waals surface area contributed by atoms with Crippen molar-refractivity contribution in [2.75, 3.05) is 7.11 Å². The van der Waals surface area contributed by atoms with Crippen LogP contribution in [0.5, 0.6) is 0 Å². The molecule has 0 aromatic heterocycles. The van der Waals surface area contributed by atoms with Crippen LogP contribution in [-0.2, 0) is 27.2 Å². The van der Waals surface area contributed by atoms with E-state index in [1.54, 1.807) is 0 Å². The van der Waals surface area contributed by atoms with Gasteiger partial charge in [0.05, 0.1) is 20.0 Å². The SMILES string of the molecule is COC(=O)CC(Cc1ccccc1)NC(=O)Cc1ccccc1. The van der Waals surface area contributed by atoms with Gasteiger partial charge in [-0.2, -0.15) is 0 Å². The third-order valence-electron chi connectivity index (χ3n) is 3.54. The van der Waals surface area contributed by atoms with Gasteiger partial charge in [-0.25, -0.2) is 0 Å². The summed E-state index contributed by atoms with van der Waals surface area (Å²) in [5.74, 6) is -0.424. The summed E-state index contributed by atoms with van der Waals surface area (Å²) in [4.78, 5) is 23.8. The average molecular weight is 311 g/mol. The molecule has 1 amide bonds. The molecule has 2 rings (SSSR count). The largest absolute Gasteiger partial charge is 0.469 e. The van der Waals surface area contributed by atoms with Crippen LogP contribution in [0.2, 0.25) is 0 Å². The molecule has 0 radical (unpaired) electrons. The molecule has 1 N–H and O–H groups in total. The molecular weight excluding hydrogens is 290 g/mol. The van der Waals surface area contributed by atoms with Gasteiger partial charge in [0.25, 0.3) is 0 Å². The maximum atomic E-state index is 12.2. The summed E-state index contributed by atoms with van der Waals surface area (Å²) in [7, 11) is 1.35. The predicted molar refractivity (Wildman–Crippen MR) is 88.9 cm³/mol. The van der Waals surface area contributed by atoms with Gasteiger partial charge in [-0.1, -0.05) is 60.7 Å². The normalized spacial score (nSPS) is 11.5. The van der Waals surface area contributed by atoms with E-state index in [2.05, 4.69) is 5.32 Å². The van der Waals surface area contributed by atoms with E-state index < -0.39 is 0 Å². The molecule has 2 aromatic rings. The molecular formula is C19H21NO3. The summed E-state index contributed by atoms with van der Waals surface area (Å²) < 4.78 is 4.73. The van der Waals surface area contributed by atoms with Crippen molar-refractivity contribution >= 4 is 11.9 Å². The third kappa shape index (κ3) is 5.94. The lowest BCUT2D eigenvalue weighted by atomic mass is 10.0. The minimum Gasteiger partial charge on any atom is -0.469 e. The molecule has 0 fully saturated rings. The van der Waals surface area contributed by atoms with Crippen LogP contribution in [0.15, 0.2) is 60.7 Å². The lowest BCUT2D eigenvalue weighted by Crippen LogP contribution is -2.39. The van der Waals surface area contributed by atoms with E-state index in [0.29, 0.717) is 12.8 Å². The second kappa shape index (κ2) is 8.73. The molecule has 0 aliphatic heterocycles. The van der Waals surface area contributed by atoms with Crippen LogP contribution in [0, 0.1) is 0 Å². The number of benzene rings is 2. The first-order valence-electron chi connectivity index (χ1n) is 7.61. The Morgan fingerprint density at radius 1 is 0.957 bits per heavy atom. The van der Waals surface area contributed by atoms with Crippen LogP contribution in [0.4, 0.5) is 0 Å². The van der Waals surface area contributed by atoms with Gasteiger partial charge in [0.1, 0.15) is 0 Å². The van der Waals surface area contributed by atoms with Crippen molar-refractivity contribution in [3.63, 3.8) is 0 Å². The molecule has 0 bridgehead atoms. The molecule has 0 aliphatic rings. The lowest BCUT2D eigenvalue weighted by molar-refractivity contribution is -0.141. The second-order valence-corrected chi connectivity index (χ2v) is 5.40. The van der Waals surface area contributed by atoms with E-state index in [9.17, 15) is 9.59 Å². The molecule has 0 heterocycles. The van der Waals surface area contributed by atoms with Gasteiger partial charge >= 0.3 is 5.97 Å². The predicted octanol–water partition coefficient (Wildman–Crippen LogP) is 2.52. The molecule has 120 valence electrons. The highest BCUT2D eigenvalue weighted by molar-refractivity contribution is 5.80. The van der Waals surface area contributed by atoms with E-state index in [1.807, 2.05) is 60.7 Å². The average Bonchev–Trinajstić information content (AvgIpc) is 2.56. The highest BCUT2D eigenvalue weighted by Crippen LogP contribution is 2.08. The first-order valence-corrected chi connectivity index (χ1v) is 7.61. The summed E-state index contributed by atoms with van der Waals surface area (Å²) in [6, 6.07) is 19.0. The molecule has 4 nitrogen and oxygen atoms in total. The maximum Gasteiger partial charge on any atom is 0.307 e. The van der Waals surface area contributed by atoms with Gasteiger partial charge in [-0.05, 0) is 17.5 Å². The highest BCUT2D eigenvalue weighted by atomic mass is 16.5. The molecule has 0 saturated carbocycles. The Morgan fingerprint density at radius 2 is 1.52 bits per heavy atom. The Morgan fingerprint density at radius 3 is 2.09 bits per heavy atom. The number of rotatable bonds is 7. The van der Waals surface area contributed by atoms with Crippen LogP contribution in [0.3, 0.4) is 0 Å². The van der Waals surface area contributed by atoms with Crippen molar-refractivity contribution in [3.05, 3.63) is 71.8 Å². The Bertz CT molecular complexity index is 626. The summed E-state index contributed by atoms with van der Waals surface area (Å²) in [5.41, 5.74) is 2.02. The van der Waals surface area contributed by atoms with Crippen molar-refractivity contribution in [1.82, 2.24) is 5.32 Å². The van der Waals surface area contributed by atoms with Crippen LogP contribution in [0.25, 0.3) is 0 Å². The fourth-order valence-electron chi connectivity index (χ4n) is 2.42. The van der Waals surface area contributed by atoms with Gasteiger partial charge in [0, 0.05) is 6.04 Å². The minimum atomic E-state index is -0.328. The first kappa shape index (κ1) is 16.7. The molecule has 23 heavy (non-hydrogen) atoms. The summed E-state index contributed by atoms with van der Waals surface area (Å²) in [6.45, 7) is 0. The second-order valence-electron chi connectivity index (χ2n) is 5.40. The number of nitrogens with one attached hydrogen (secondary N) is 1. The highest BCUT2D eigenvalue weighted by Gasteiger charge is 2.17. The Labute approximate surface area is 136 Å². The number of carbonyl (C=O) groups is 2. The topological polar surface area (TPSA) is 55.4 Å². The number of carbonyl (C=O) groups excluding carboxylic acids is 2. The van der Waals surface area contributed by atoms with Crippen LogP contribution >= 0.6 is 0 Å². The first-order chi connectivity index (χ1) is 11.2. The Kier molecular flexibility index (Phi) is 6.36. The quantitative estimate of drug-likeness (QED) is 0.799. The monoisotopic (exact) mass is 311 g/mol. The van der Waals surface area contributed by atoms with Gasteiger partial charge < -0.3 is 10.1 Å². The number of ether oxygens (including phenoxy) is 1. The van der Waals surface area contributed by atoms with Crippen LogP contribution in [0.1, 0.15) is 17.5 Å². The van der Waals surface area contributed by atoms with Gasteiger partial charge in [-0.3, -0.25) is 9.59 Å². The zero-order valence-corrected chi connectivity index (χ0v) is 13.2. The number of amides is 1. The number of esters is 1. The number of hydrogen-bond acceptors (Lipinski definition) is 3. The van der Waals surface area contributed by atoms with E-state index in [0.717, 1.165) is 11.1 Å². The zero-order chi connectivity index (χ0) is 16.5. The van der Waals surface area contributed by atoms with E-state index >= 15 is 0 Å². The van der Waals surface area contributed by atoms with Crippen molar-refractivity contribution < 1.29 is 14.3 Å². The molecule has 0 spiro atoms. The van der Waals surface area contributed by atoms with Crippen LogP contribution in [-0.4, -0.2) is 25.0 Å². The zero-order valence-electron chi connectivity index (χ0n) is 13.2. The minimum absolute atomic E-state index is 0.0963. The van der Waals surface area contributed by atoms with Crippen molar-refractivity contribution in [2.45, 2.75) is 25.3 Å². The summed E-state index contributed by atoms with van der Waals surface area (Å²) in [6.07, 6.45) is 1.05. The fourth-order valence-corrected chi connectivity index (χ4v) is 2.42. The number of hydrogen-bond donors (Lipinski definition) is 1. The van der Waals surface area contributed by atoms with Gasteiger partial charge in [-0.15, -0.1) is 0 Å². The standard InChI is InChI=1S/C19H21NO3/c1-23-19(22)14-17(12-15-8-4-2-5-9-15)20-18(21)13-16-10-6-3-7-11-16/h2-11,17H,12-14H2,1H3,(H,20,21). The number of methoxy groups -OCH3 is 1. The fraction of sp³-hybridized carbons (Fsp3) is 0.263. The Balaban J connectivity index is 1.98. The van der Waals surface area contributed by atoms with E-state index in [-0.39, 0.29) is 24.3 Å². The third-order valence-corrected chi connectivity index (χ3v) is 3.54. The molecule has 0 saturated heterocycles. The van der Waals surface area contributed by atoms with Crippen molar-refractivity contribution in [1.29, 1.82) is 0 Å². The molecule has 1 atom stereocenters. The van der Waals surface area contributed by atoms with E-state index in [1.165, 1.54) is 7.11 Å². The lowest BCUT2D eigenvalue weighted by Gasteiger charge is -2.18. The van der Waals surface area contributed by atoms with Crippen LogP contribution < -0.4 is 5.32 Å². The Hall–Kier alpha value is -2.62. The molecule has 4 heteroatoms. The molecule has 1 unspecified atom stereocenters. The molecule has 2 aromatic carbocycles. The van der Waals surface area contributed by atoms with Crippen molar-refractivity contribution in [2.24, 2.45) is 0 Å².